The highest BCUT2D eigenvalue weighted by molar-refractivity contribution is 5.77. The van der Waals surface area contributed by atoms with E-state index in [2.05, 4.69) is 28.8 Å². The molecule has 0 aliphatic heterocycles. The molecule has 124 valence electrons. The van der Waals surface area contributed by atoms with Gasteiger partial charge in [0.25, 0.3) is 0 Å². The molecule has 0 aliphatic carbocycles. The summed E-state index contributed by atoms with van der Waals surface area (Å²) in [5.74, 6) is 1.19. The molecule has 0 aliphatic rings. The molecule has 0 fully saturated rings. The molecule has 2 N–H and O–H groups in total. The third-order valence-corrected chi connectivity index (χ3v) is 4.32. The molecule has 4 rings (SSSR count). The first-order valence-corrected chi connectivity index (χ1v) is 8.30. The van der Waals surface area contributed by atoms with Gasteiger partial charge in [-0.3, -0.25) is 4.40 Å². The Morgan fingerprint density at radius 1 is 0.920 bits per heavy atom. The average Bonchev–Trinajstić information content (AvgIpc) is 3.02. The zero-order valence-electron chi connectivity index (χ0n) is 13.9. The van der Waals surface area contributed by atoms with Gasteiger partial charge in [-0.1, -0.05) is 36.4 Å². The summed E-state index contributed by atoms with van der Waals surface area (Å²) in [7, 11) is 0. The van der Waals surface area contributed by atoms with E-state index in [1.807, 2.05) is 54.7 Å². The van der Waals surface area contributed by atoms with Crippen LogP contribution >= 0.6 is 0 Å². The lowest BCUT2D eigenvalue weighted by atomic mass is 10.1. The first-order chi connectivity index (χ1) is 12.2. The lowest BCUT2D eigenvalue weighted by Gasteiger charge is -2.16. The second kappa shape index (κ2) is 6.32. The van der Waals surface area contributed by atoms with E-state index in [1.54, 1.807) is 12.1 Å². The molecule has 0 spiro atoms. The number of aromatic hydroxyl groups is 1. The molecule has 0 radical (unpaired) electrons. The summed E-state index contributed by atoms with van der Waals surface area (Å²) in [6.45, 7) is 2.14. The van der Waals surface area contributed by atoms with Crippen LogP contribution in [0, 0.1) is 0 Å². The maximum atomic E-state index is 9.57. The number of rotatable bonds is 4. The van der Waals surface area contributed by atoms with E-state index in [-0.39, 0.29) is 11.8 Å². The Kier molecular flexibility index (Phi) is 3.86. The van der Waals surface area contributed by atoms with Crippen molar-refractivity contribution in [2.24, 2.45) is 0 Å². The third-order valence-electron chi connectivity index (χ3n) is 4.32. The Morgan fingerprint density at radius 2 is 1.64 bits per heavy atom. The van der Waals surface area contributed by atoms with Crippen molar-refractivity contribution in [3.8, 4) is 17.0 Å². The molecule has 4 heteroatoms. The van der Waals surface area contributed by atoms with Crippen LogP contribution in [0.3, 0.4) is 0 Å². The van der Waals surface area contributed by atoms with Crippen LogP contribution in [0.2, 0.25) is 0 Å². The standard InChI is InChI=1S/C21H19N3O/c1-15(16-7-3-2-4-8-16)22-21-20(17-10-12-18(25)13-11-17)23-19-9-5-6-14-24(19)21/h2-15,22,25H,1H3. The fourth-order valence-corrected chi connectivity index (χ4v) is 2.98. The SMILES string of the molecule is CC(Nc1c(-c2ccc(O)cc2)nc2ccccn12)c1ccccc1. The van der Waals surface area contributed by atoms with E-state index in [0.717, 1.165) is 22.7 Å². The van der Waals surface area contributed by atoms with Gasteiger partial charge in [-0.05, 0) is 48.9 Å². The molecule has 25 heavy (non-hydrogen) atoms. The summed E-state index contributed by atoms with van der Waals surface area (Å²) < 4.78 is 2.06. The van der Waals surface area contributed by atoms with Gasteiger partial charge in [0.15, 0.2) is 0 Å². The van der Waals surface area contributed by atoms with Crippen molar-refractivity contribution in [1.29, 1.82) is 0 Å². The number of nitrogens with one attached hydrogen (secondary N) is 1. The highest BCUT2D eigenvalue weighted by Crippen LogP contribution is 2.32. The Morgan fingerprint density at radius 3 is 2.40 bits per heavy atom. The third kappa shape index (κ3) is 2.94. The molecule has 2 aromatic carbocycles. The predicted octanol–water partition coefficient (Wildman–Crippen LogP) is 4.88. The van der Waals surface area contributed by atoms with Crippen LogP contribution in [0.1, 0.15) is 18.5 Å². The largest absolute Gasteiger partial charge is 0.508 e. The smallest absolute Gasteiger partial charge is 0.139 e. The van der Waals surface area contributed by atoms with Crippen LogP contribution in [0.15, 0.2) is 79.0 Å². The maximum absolute atomic E-state index is 9.57. The summed E-state index contributed by atoms with van der Waals surface area (Å²) in [4.78, 5) is 4.78. The van der Waals surface area contributed by atoms with Gasteiger partial charge in [0, 0.05) is 17.8 Å². The van der Waals surface area contributed by atoms with Gasteiger partial charge in [0.2, 0.25) is 0 Å². The van der Waals surface area contributed by atoms with Crippen molar-refractivity contribution >= 4 is 11.5 Å². The maximum Gasteiger partial charge on any atom is 0.139 e. The molecule has 0 saturated heterocycles. The molecule has 0 amide bonds. The summed E-state index contributed by atoms with van der Waals surface area (Å²) in [6, 6.07) is 23.6. The van der Waals surface area contributed by atoms with Gasteiger partial charge in [-0.2, -0.15) is 0 Å². The van der Waals surface area contributed by atoms with Crippen LogP contribution in [0.5, 0.6) is 5.75 Å². The first kappa shape index (κ1) is 15.3. The van der Waals surface area contributed by atoms with Crippen LogP contribution in [-0.4, -0.2) is 14.5 Å². The number of nitrogens with zero attached hydrogens (tertiary/aromatic N) is 2. The minimum atomic E-state index is 0.136. The predicted molar refractivity (Wildman–Crippen MR) is 101 cm³/mol. The van der Waals surface area contributed by atoms with Crippen molar-refractivity contribution in [2.75, 3.05) is 5.32 Å². The van der Waals surface area contributed by atoms with E-state index in [4.69, 9.17) is 4.98 Å². The highest BCUT2D eigenvalue weighted by Gasteiger charge is 2.16. The summed E-state index contributed by atoms with van der Waals surface area (Å²) in [6.07, 6.45) is 2.01. The molecular weight excluding hydrogens is 310 g/mol. The number of hydrogen-bond donors (Lipinski definition) is 2. The number of imidazole rings is 1. The number of phenols is 1. The van der Waals surface area contributed by atoms with Gasteiger partial charge in [-0.15, -0.1) is 0 Å². The molecule has 2 aromatic heterocycles. The molecular formula is C21H19N3O. The van der Waals surface area contributed by atoms with Crippen molar-refractivity contribution in [3.05, 3.63) is 84.6 Å². The van der Waals surface area contributed by atoms with Crippen LogP contribution in [0.25, 0.3) is 16.9 Å². The summed E-state index contributed by atoms with van der Waals surface area (Å²) in [5.41, 5.74) is 3.93. The van der Waals surface area contributed by atoms with Gasteiger partial charge in [-0.25, -0.2) is 4.98 Å². The second-order valence-electron chi connectivity index (χ2n) is 6.06. The van der Waals surface area contributed by atoms with Crippen molar-refractivity contribution in [1.82, 2.24) is 9.38 Å². The minimum Gasteiger partial charge on any atom is -0.508 e. The number of hydrogen-bond acceptors (Lipinski definition) is 3. The van der Waals surface area contributed by atoms with Gasteiger partial charge in [0.05, 0.1) is 0 Å². The monoisotopic (exact) mass is 329 g/mol. The minimum absolute atomic E-state index is 0.136. The van der Waals surface area contributed by atoms with E-state index in [1.165, 1.54) is 5.56 Å². The van der Waals surface area contributed by atoms with Crippen LogP contribution < -0.4 is 5.32 Å². The van der Waals surface area contributed by atoms with Crippen LogP contribution in [-0.2, 0) is 0 Å². The fraction of sp³-hybridized carbons (Fsp3) is 0.0952. The van der Waals surface area contributed by atoms with Gasteiger partial charge >= 0.3 is 0 Å². The molecule has 1 unspecified atom stereocenters. The number of anilines is 1. The molecule has 1 atom stereocenters. The molecule has 4 nitrogen and oxygen atoms in total. The molecule has 0 bridgehead atoms. The van der Waals surface area contributed by atoms with Crippen molar-refractivity contribution in [3.63, 3.8) is 0 Å². The van der Waals surface area contributed by atoms with Crippen molar-refractivity contribution in [2.45, 2.75) is 13.0 Å². The van der Waals surface area contributed by atoms with Crippen LogP contribution in [0.4, 0.5) is 5.82 Å². The number of benzene rings is 2. The number of fused-ring (bicyclic) bond motifs is 1. The Bertz CT molecular complexity index is 991. The summed E-state index contributed by atoms with van der Waals surface area (Å²) in [5, 5.41) is 13.2. The van der Waals surface area contributed by atoms with E-state index >= 15 is 0 Å². The Balaban J connectivity index is 1.81. The second-order valence-corrected chi connectivity index (χ2v) is 6.06. The molecule has 0 saturated carbocycles. The number of aromatic nitrogens is 2. The fourth-order valence-electron chi connectivity index (χ4n) is 2.98. The van der Waals surface area contributed by atoms with Gasteiger partial charge in [0.1, 0.15) is 22.9 Å². The van der Waals surface area contributed by atoms with E-state index < -0.39 is 0 Å². The first-order valence-electron chi connectivity index (χ1n) is 8.30. The molecule has 2 heterocycles. The van der Waals surface area contributed by atoms with E-state index in [0.29, 0.717) is 0 Å². The topological polar surface area (TPSA) is 49.6 Å². The van der Waals surface area contributed by atoms with E-state index in [9.17, 15) is 5.11 Å². The zero-order valence-corrected chi connectivity index (χ0v) is 13.9. The Labute approximate surface area is 146 Å². The number of phenolic OH excluding ortho intramolecular Hbond substituents is 1. The van der Waals surface area contributed by atoms with Gasteiger partial charge < -0.3 is 10.4 Å². The normalized spacial score (nSPS) is 12.2. The quantitative estimate of drug-likeness (QED) is 0.561. The van der Waals surface area contributed by atoms with Crippen molar-refractivity contribution < 1.29 is 5.11 Å². The highest BCUT2D eigenvalue weighted by atomic mass is 16.3. The lowest BCUT2D eigenvalue weighted by Crippen LogP contribution is -2.09. The Hall–Kier alpha value is -3.27. The number of pyridine rings is 1. The average molecular weight is 329 g/mol. The zero-order chi connectivity index (χ0) is 17.2. The lowest BCUT2D eigenvalue weighted by molar-refractivity contribution is 0.475. The molecule has 4 aromatic rings. The summed E-state index contributed by atoms with van der Waals surface area (Å²) >= 11 is 0.